The van der Waals surface area contributed by atoms with E-state index < -0.39 is 0 Å². The Bertz CT molecular complexity index is 342. The van der Waals surface area contributed by atoms with Crippen molar-refractivity contribution in [1.29, 1.82) is 0 Å². The normalized spacial score (nSPS) is 19.8. The van der Waals surface area contributed by atoms with Gasteiger partial charge < -0.3 is 10.3 Å². The van der Waals surface area contributed by atoms with Gasteiger partial charge in [-0.05, 0) is 18.8 Å². The third kappa shape index (κ3) is 2.86. The van der Waals surface area contributed by atoms with E-state index in [1.165, 1.54) is 32.1 Å². The summed E-state index contributed by atoms with van der Waals surface area (Å²) in [5, 5.41) is 4.15. The Morgan fingerprint density at radius 2 is 2.00 bits per heavy atom. The van der Waals surface area contributed by atoms with E-state index in [-0.39, 0.29) is 5.92 Å². The highest BCUT2D eigenvalue weighted by Gasteiger charge is 2.25. The van der Waals surface area contributed by atoms with Crippen molar-refractivity contribution in [1.82, 2.24) is 10.1 Å². The van der Waals surface area contributed by atoms with Gasteiger partial charge in [0.15, 0.2) is 5.82 Å². The van der Waals surface area contributed by atoms with Crippen molar-refractivity contribution in [2.24, 2.45) is 11.7 Å². The van der Waals surface area contributed by atoms with Crippen LogP contribution in [0.1, 0.15) is 69.5 Å². The van der Waals surface area contributed by atoms with E-state index in [0.717, 1.165) is 11.7 Å². The summed E-state index contributed by atoms with van der Waals surface area (Å²) < 4.78 is 5.39. The Morgan fingerprint density at radius 1 is 1.29 bits per heavy atom. The molecule has 2 rings (SSSR count). The first kappa shape index (κ1) is 12.6. The van der Waals surface area contributed by atoms with Gasteiger partial charge in [0.05, 0.1) is 5.92 Å². The Hall–Kier alpha value is -0.900. The molecule has 1 unspecified atom stereocenters. The van der Waals surface area contributed by atoms with E-state index in [1.54, 1.807) is 0 Å². The maximum absolute atomic E-state index is 5.77. The maximum atomic E-state index is 5.77. The summed E-state index contributed by atoms with van der Waals surface area (Å²) in [7, 11) is 0. The molecule has 0 bridgehead atoms. The molecule has 1 aromatic rings. The lowest BCUT2D eigenvalue weighted by molar-refractivity contribution is 0.317. The van der Waals surface area contributed by atoms with Crippen molar-refractivity contribution in [3.05, 3.63) is 11.7 Å². The fourth-order valence-corrected chi connectivity index (χ4v) is 2.58. The lowest BCUT2D eigenvalue weighted by Gasteiger charge is -2.17. The molecule has 2 N–H and O–H groups in total. The van der Waals surface area contributed by atoms with E-state index in [9.17, 15) is 0 Å². The van der Waals surface area contributed by atoms with Gasteiger partial charge in [-0.3, -0.25) is 0 Å². The molecule has 0 saturated heterocycles. The molecular formula is C13H23N3O. The molecule has 1 saturated carbocycles. The predicted octanol–water partition coefficient (Wildman–Crippen LogP) is 2.82. The molecule has 0 amide bonds. The number of nitrogens with two attached hydrogens (primary N) is 1. The lowest BCUT2D eigenvalue weighted by atomic mass is 9.89. The van der Waals surface area contributed by atoms with Gasteiger partial charge in [-0.1, -0.05) is 38.3 Å². The molecule has 4 nitrogen and oxygen atoms in total. The van der Waals surface area contributed by atoms with Gasteiger partial charge in [0.25, 0.3) is 0 Å². The van der Waals surface area contributed by atoms with Crippen LogP contribution in [0.2, 0.25) is 0 Å². The average molecular weight is 237 g/mol. The standard InChI is InChI=1S/C13H23N3O/c1-9(2)11(8-14)13-15-12(16-17-13)10-6-4-3-5-7-10/h9-11H,3-8,14H2,1-2H3. The second kappa shape index (κ2) is 5.63. The van der Waals surface area contributed by atoms with Gasteiger partial charge >= 0.3 is 0 Å². The zero-order valence-corrected chi connectivity index (χ0v) is 10.9. The van der Waals surface area contributed by atoms with E-state index in [0.29, 0.717) is 18.4 Å². The predicted molar refractivity (Wildman–Crippen MR) is 66.8 cm³/mol. The molecule has 1 fully saturated rings. The van der Waals surface area contributed by atoms with E-state index in [4.69, 9.17) is 10.3 Å². The molecule has 1 aliphatic rings. The van der Waals surface area contributed by atoms with Crippen molar-refractivity contribution < 1.29 is 4.52 Å². The molecule has 1 heterocycles. The van der Waals surface area contributed by atoms with E-state index in [2.05, 4.69) is 24.0 Å². The summed E-state index contributed by atoms with van der Waals surface area (Å²) in [4.78, 5) is 4.57. The Labute approximate surface area is 103 Å². The van der Waals surface area contributed by atoms with Crippen LogP contribution in [0.15, 0.2) is 4.52 Å². The van der Waals surface area contributed by atoms with Gasteiger partial charge in [0.2, 0.25) is 5.89 Å². The molecule has 1 atom stereocenters. The second-order valence-corrected chi connectivity index (χ2v) is 5.41. The molecule has 1 aromatic heterocycles. The number of hydrogen-bond acceptors (Lipinski definition) is 4. The Balaban J connectivity index is 2.08. The van der Waals surface area contributed by atoms with Crippen LogP contribution in [-0.4, -0.2) is 16.7 Å². The van der Waals surface area contributed by atoms with Crippen LogP contribution in [0.3, 0.4) is 0 Å². The summed E-state index contributed by atoms with van der Waals surface area (Å²) >= 11 is 0. The zero-order valence-electron chi connectivity index (χ0n) is 10.9. The number of nitrogens with zero attached hydrogens (tertiary/aromatic N) is 2. The minimum absolute atomic E-state index is 0.194. The molecule has 96 valence electrons. The average Bonchev–Trinajstić information content (AvgIpc) is 2.80. The van der Waals surface area contributed by atoms with Crippen molar-refractivity contribution in [2.75, 3.05) is 6.54 Å². The fourth-order valence-electron chi connectivity index (χ4n) is 2.58. The topological polar surface area (TPSA) is 64.9 Å². The van der Waals surface area contributed by atoms with Gasteiger partial charge in [0.1, 0.15) is 0 Å². The molecule has 4 heteroatoms. The van der Waals surface area contributed by atoms with Crippen LogP contribution >= 0.6 is 0 Å². The molecule has 0 aliphatic heterocycles. The molecule has 17 heavy (non-hydrogen) atoms. The van der Waals surface area contributed by atoms with Gasteiger partial charge in [-0.15, -0.1) is 0 Å². The van der Waals surface area contributed by atoms with Crippen LogP contribution < -0.4 is 5.73 Å². The van der Waals surface area contributed by atoms with Crippen molar-refractivity contribution in [3.8, 4) is 0 Å². The van der Waals surface area contributed by atoms with Crippen molar-refractivity contribution in [2.45, 2.75) is 57.8 Å². The molecular weight excluding hydrogens is 214 g/mol. The summed E-state index contributed by atoms with van der Waals surface area (Å²) in [5.41, 5.74) is 5.77. The summed E-state index contributed by atoms with van der Waals surface area (Å²) in [6.45, 7) is 4.86. The fraction of sp³-hybridized carbons (Fsp3) is 0.846. The van der Waals surface area contributed by atoms with Crippen molar-refractivity contribution in [3.63, 3.8) is 0 Å². The Kier molecular flexibility index (Phi) is 4.15. The third-order valence-electron chi connectivity index (χ3n) is 3.80. The van der Waals surface area contributed by atoms with Crippen LogP contribution in [0, 0.1) is 5.92 Å². The first-order chi connectivity index (χ1) is 8.22. The minimum Gasteiger partial charge on any atom is -0.339 e. The largest absolute Gasteiger partial charge is 0.339 e. The molecule has 0 radical (unpaired) electrons. The quantitative estimate of drug-likeness (QED) is 0.874. The Morgan fingerprint density at radius 3 is 2.59 bits per heavy atom. The van der Waals surface area contributed by atoms with Crippen LogP contribution in [0.4, 0.5) is 0 Å². The second-order valence-electron chi connectivity index (χ2n) is 5.41. The SMILES string of the molecule is CC(C)C(CN)c1nc(C2CCCCC2)no1. The smallest absolute Gasteiger partial charge is 0.231 e. The number of aromatic nitrogens is 2. The highest BCUT2D eigenvalue weighted by atomic mass is 16.5. The summed E-state index contributed by atoms with van der Waals surface area (Å²) in [6, 6.07) is 0. The van der Waals surface area contributed by atoms with Gasteiger partial charge in [-0.25, -0.2) is 0 Å². The monoisotopic (exact) mass is 237 g/mol. The summed E-state index contributed by atoms with van der Waals surface area (Å²) in [5.74, 6) is 2.77. The van der Waals surface area contributed by atoms with Crippen molar-refractivity contribution >= 4 is 0 Å². The van der Waals surface area contributed by atoms with Crippen LogP contribution in [0.5, 0.6) is 0 Å². The van der Waals surface area contributed by atoms with E-state index in [1.807, 2.05) is 0 Å². The lowest BCUT2D eigenvalue weighted by Crippen LogP contribution is -2.18. The highest BCUT2D eigenvalue weighted by molar-refractivity contribution is 5.01. The first-order valence-corrected chi connectivity index (χ1v) is 6.76. The van der Waals surface area contributed by atoms with Gasteiger partial charge in [0, 0.05) is 12.5 Å². The van der Waals surface area contributed by atoms with Crippen LogP contribution in [0.25, 0.3) is 0 Å². The van der Waals surface area contributed by atoms with Crippen LogP contribution in [-0.2, 0) is 0 Å². The number of hydrogen-bond donors (Lipinski definition) is 1. The molecule has 0 spiro atoms. The summed E-state index contributed by atoms with van der Waals surface area (Å²) in [6.07, 6.45) is 6.33. The van der Waals surface area contributed by atoms with Gasteiger partial charge in [-0.2, -0.15) is 4.98 Å². The van der Waals surface area contributed by atoms with E-state index >= 15 is 0 Å². The number of rotatable bonds is 4. The highest BCUT2D eigenvalue weighted by Crippen LogP contribution is 2.32. The minimum atomic E-state index is 0.194. The molecule has 0 aromatic carbocycles. The first-order valence-electron chi connectivity index (χ1n) is 6.76. The molecule has 1 aliphatic carbocycles. The zero-order chi connectivity index (χ0) is 12.3. The maximum Gasteiger partial charge on any atom is 0.231 e. The third-order valence-corrected chi connectivity index (χ3v) is 3.80.